The number of thiazole rings is 1. The molecule has 0 amide bonds. The highest BCUT2D eigenvalue weighted by molar-refractivity contribution is 7.13. The first-order valence-electron chi connectivity index (χ1n) is 6.71. The second kappa shape index (κ2) is 5.36. The minimum atomic E-state index is 0.561. The van der Waals surface area contributed by atoms with Gasteiger partial charge in [-0.05, 0) is 25.7 Å². The second-order valence-electron chi connectivity index (χ2n) is 5.09. The first-order valence-corrected chi connectivity index (χ1v) is 7.59. The molecule has 1 N–H and O–H groups in total. The van der Waals surface area contributed by atoms with Crippen LogP contribution in [-0.2, 0) is 4.74 Å². The monoisotopic (exact) mass is 252 g/mol. The molecular weight excluding hydrogens is 232 g/mol. The molecule has 3 rings (SSSR count). The van der Waals surface area contributed by atoms with E-state index < -0.39 is 0 Å². The molecule has 3 nitrogen and oxygen atoms in total. The van der Waals surface area contributed by atoms with E-state index in [9.17, 15) is 0 Å². The maximum Gasteiger partial charge on any atom is 0.183 e. The van der Waals surface area contributed by atoms with E-state index in [1.54, 1.807) is 11.3 Å². The molecule has 94 valence electrons. The number of aromatic nitrogens is 1. The van der Waals surface area contributed by atoms with Gasteiger partial charge >= 0.3 is 0 Å². The van der Waals surface area contributed by atoms with Gasteiger partial charge in [0.2, 0.25) is 0 Å². The number of nitrogens with zero attached hydrogens (tertiary/aromatic N) is 1. The predicted octanol–water partition coefficient (Wildman–Crippen LogP) is 3.39. The maximum absolute atomic E-state index is 5.37. The van der Waals surface area contributed by atoms with Crippen molar-refractivity contribution in [3.8, 4) is 0 Å². The van der Waals surface area contributed by atoms with Crippen molar-refractivity contribution in [3.63, 3.8) is 0 Å². The van der Waals surface area contributed by atoms with E-state index in [1.807, 2.05) is 0 Å². The van der Waals surface area contributed by atoms with Crippen molar-refractivity contribution in [2.45, 2.75) is 50.5 Å². The lowest BCUT2D eigenvalue weighted by Crippen LogP contribution is -2.27. The lowest BCUT2D eigenvalue weighted by atomic mass is 10.1. The third-order valence-electron chi connectivity index (χ3n) is 3.84. The van der Waals surface area contributed by atoms with Gasteiger partial charge in [-0.15, -0.1) is 11.3 Å². The van der Waals surface area contributed by atoms with Gasteiger partial charge in [-0.3, -0.25) is 0 Å². The lowest BCUT2D eigenvalue weighted by Gasteiger charge is -2.22. The first kappa shape index (κ1) is 11.5. The van der Waals surface area contributed by atoms with Crippen LogP contribution in [0.4, 0.5) is 5.13 Å². The maximum atomic E-state index is 5.37. The Balaban J connectivity index is 1.59. The molecule has 0 unspecified atom stereocenters. The molecule has 17 heavy (non-hydrogen) atoms. The van der Waals surface area contributed by atoms with Crippen LogP contribution < -0.4 is 5.32 Å². The van der Waals surface area contributed by atoms with Gasteiger partial charge in [-0.2, -0.15) is 0 Å². The van der Waals surface area contributed by atoms with Crippen molar-refractivity contribution in [3.05, 3.63) is 11.1 Å². The standard InChI is InChI=1S/C13H20N2OS/c1-2-4-10(3-1)12-9-17-13(15-12)14-11-5-7-16-8-6-11/h9-11H,1-8H2,(H,14,15). The summed E-state index contributed by atoms with van der Waals surface area (Å²) in [6, 6.07) is 0.561. The van der Waals surface area contributed by atoms with Crippen molar-refractivity contribution < 1.29 is 4.74 Å². The van der Waals surface area contributed by atoms with E-state index in [0.29, 0.717) is 6.04 Å². The summed E-state index contributed by atoms with van der Waals surface area (Å²) in [4.78, 5) is 4.75. The van der Waals surface area contributed by atoms with Crippen LogP contribution in [0.5, 0.6) is 0 Å². The molecule has 2 heterocycles. The summed E-state index contributed by atoms with van der Waals surface area (Å²) in [5, 5.41) is 6.91. The van der Waals surface area contributed by atoms with Gasteiger partial charge in [0.25, 0.3) is 0 Å². The fourth-order valence-corrected chi connectivity index (χ4v) is 3.65. The van der Waals surface area contributed by atoms with Gasteiger partial charge in [-0.1, -0.05) is 12.8 Å². The van der Waals surface area contributed by atoms with Crippen molar-refractivity contribution in [2.24, 2.45) is 0 Å². The van der Waals surface area contributed by atoms with Gasteiger partial charge in [0, 0.05) is 30.6 Å². The van der Waals surface area contributed by atoms with Crippen LogP contribution in [0.3, 0.4) is 0 Å². The zero-order valence-electron chi connectivity index (χ0n) is 10.2. The summed E-state index contributed by atoms with van der Waals surface area (Å²) >= 11 is 1.77. The topological polar surface area (TPSA) is 34.1 Å². The highest BCUT2D eigenvalue weighted by Gasteiger charge is 2.20. The Bertz CT molecular complexity index is 354. The Hall–Kier alpha value is -0.610. The molecule has 2 aliphatic rings. The smallest absolute Gasteiger partial charge is 0.183 e. The summed E-state index contributed by atoms with van der Waals surface area (Å²) in [6.07, 6.45) is 7.65. The molecule has 0 atom stereocenters. The molecule has 2 fully saturated rings. The van der Waals surface area contributed by atoms with Crippen molar-refractivity contribution >= 4 is 16.5 Å². The summed E-state index contributed by atoms with van der Waals surface area (Å²) in [7, 11) is 0. The number of hydrogen-bond acceptors (Lipinski definition) is 4. The fourth-order valence-electron chi connectivity index (χ4n) is 2.78. The summed E-state index contributed by atoms with van der Waals surface area (Å²) < 4.78 is 5.37. The van der Waals surface area contributed by atoms with Gasteiger partial charge in [0.05, 0.1) is 5.69 Å². The van der Waals surface area contributed by atoms with Crippen LogP contribution in [0.1, 0.15) is 50.1 Å². The quantitative estimate of drug-likeness (QED) is 0.895. The Kier molecular flexibility index (Phi) is 3.62. The number of ether oxygens (including phenoxy) is 1. The largest absolute Gasteiger partial charge is 0.381 e. The van der Waals surface area contributed by atoms with Crippen LogP contribution in [-0.4, -0.2) is 24.2 Å². The van der Waals surface area contributed by atoms with Crippen LogP contribution in [0.15, 0.2) is 5.38 Å². The van der Waals surface area contributed by atoms with E-state index in [0.717, 1.165) is 37.1 Å². The van der Waals surface area contributed by atoms with Gasteiger partial charge in [-0.25, -0.2) is 4.98 Å². The SMILES string of the molecule is c1sc(NC2CCOCC2)nc1C1CCCC1. The highest BCUT2D eigenvalue weighted by atomic mass is 32.1. The van der Waals surface area contributed by atoms with Crippen molar-refractivity contribution in [1.29, 1.82) is 0 Å². The number of nitrogens with one attached hydrogen (secondary N) is 1. The zero-order valence-corrected chi connectivity index (χ0v) is 11.0. The summed E-state index contributed by atoms with van der Waals surface area (Å²) in [5.74, 6) is 0.733. The van der Waals surface area contributed by atoms with E-state index in [4.69, 9.17) is 9.72 Å². The Morgan fingerprint density at radius 1 is 1.18 bits per heavy atom. The van der Waals surface area contributed by atoms with E-state index >= 15 is 0 Å². The van der Waals surface area contributed by atoms with Crippen molar-refractivity contribution in [2.75, 3.05) is 18.5 Å². The molecule has 0 bridgehead atoms. The van der Waals surface area contributed by atoms with Crippen LogP contribution in [0.25, 0.3) is 0 Å². The normalized spacial score (nSPS) is 23.1. The molecule has 0 aromatic carbocycles. The average Bonchev–Trinajstić information content (AvgIpc) is 3.00. The van der Waals surface area contributed by atoms with Gasteiger partial charge < -0.3 is 10.1 Å². The predicted molar refractivity (Wildman–Crippen MR) is 70.8 cm³/mol. The Labute approximate surface area is 107 Å². The molecule has 0 spiro atoms. The molecule has 4 heteroatoms. The number of hydrogen-bond donors (Lipinski definition) is 1. The third kappa shape index (κ3) is 2.80. The van der Waals surface area contributed by atoms with Crippen LogP contribution in [0, 0.1) is 0 Å². The summed E-state index contributed by atoms with van der Waals surface area (Å²) in [5.41, 5.74) is 1.32. The van der Waals surface area contributed by atoms with Gasteiger partial charge in [0.1, 0.15) is 0 Å². The molecule has 0 radical (unpaired) electrons. The second-order valence-corrected chi connectivity index (χ2v) is 5.95. The minimum absolute atomic E-state index is 0.561. The molecule has 1 aromatic rings. The first-order chi connectivity index (χ1) is 8.42. The Morgan fingerprint density at radius 2 is 1.94 bits per heavy atom. The van der Waals surface area contributed by atoms with Crippen LogP contribution in [0.2, 0.25) is 0 Å². The van der Waals surface area contributed by atoms with E-state index in [2.05, 4.69) is 10.7 Å². The molecule has 1 saturated heterocycles. The summed E-state index contributed by atoms with van der Waals surface area (Å²) in [6.45, 7) is 1.77. The highest BCUT2D eigenvalue weighted by Crippen LogP contribution is 2.35. The lowest BCUT2D eigenvalue weighted by molar-refractivity contribution is 0.0904. The zero-order chi connectivity index (χ0) is 11.5. The Morgan fingerprint density at radius 3 is 2.71 bits per heavy atom. The fraction of sp³-hybridized carbons (Fsp3) is 0.769. The van der Waals surface area contributed by atoms with Gasteiger partial charge in [0.15, 0.2) is 5.13 Å². The number of anilines is 1. The molecule has 1 aliphatic heterocycles. The van der Waals surface area contributed by atoms with E-state index in [-0.39, 0.29) is 0 Å². The van der Waals surface area contributed by atoms with E-state index in [1.165, 1.54) is 31.4 Å². The molecule has 1 saturated carbocycles. The van der Waals surface area contributed by atoms with Crippen LogP contribution >= 0.6 is 11.3 Å². The average molecular weight is 252 g/mol. The third-order valence-corrected chi connectivity index (χ3v) is 4.64. The molecule has 1 aromatic heterocycles. The number of rotatable bonds is 3. The molecular formula is C13H20N2OS. The minimum Gasteiger partial charge on any atom is -0.381 e. The van der Waals surface area contributed by atoms with Crippen molar-refractivity contribution in [1.82, 2.24) is 4.98 Å². The molecule has 1 aliphatic carbocycles.